The lowest BCUT2D eigenvalue weighted by atomic mass is 9.48. The molecule has 14 fully saturated rings. The number of alkyl halides is 1. The molecule has 1 heterocycles. The minimum absolute atomic E-state index is 0. The van der Waals surface area contributed by atoms with Gasteiger partial charge < -0.3 is 75.8 Å². The summed E-state index contributed by atoms with van der Waals surface area (Å²) in [6.45, 7) is 18.4. The fraction of sp³-hybridized carbons (Fsp3) is 0.708. The van der Waals surface area contributed by atoms with Gasteiger partial charge in [0.2, 0.25) is 5.67 Å². The van der Waals surface area contributed by atoms with Crippen molar-refractivity contribution in [3.63, 3.8) is 0 Å². The van der Waals surface area contributed by atoms with Crippen LogP contribution in [0.15, 0.2) is 65.3 Å². The molecule has 1 N–H and O–H groups in total. The Balaban J connectivity index is 0.000000199. The summed E-state index contributed by atoms with van der Waals surface area (Å²) in [5.74, 6) is 2.40. The third kappa shape index (κ3) is 23.6. The van der Waals surface area contributed by atoms with Gasteiger partial charge >= 0.3 is 29.8 Å². The normalized spacial score (nSPS) is 28.1. The van der Waals surface area contributed by atoms with Gasteiger partial charge in [-0.25, -0.2) is 9.18 Å². The second kappa shape index (κ2) is 43.8. The maximum atomic E-state index is 14.9. The van der Waals surface area contributed by atoms with Gasteiger partial charge in [-0.1, -0.05) is 114 Å². The maximum absolute atomic E-state index is 14.9. The van der Waals surface area contributed by atoms with Crippen molar-refractivity contribution in [3.05, 3.63) is 122 Å². The van der Waals surface area contributed by atoms with E-state index in [9.17, 15) is 33.5 Å². The molecule has 0 saturated heterocycles. The van der Waals surface area contributed by atoms with Crippen molar-refractivity contribution >= 4 is 40.8 Å². The van der Waals surface area contributed by atoms with Crippen LogP contribution in [0.4, 0.5) is 4.39 Å². The molecular formula is C106H157FO21. The summed E-state index contributed by atoms with van der Waals surface area (Å²) < 4.78 is 105. The van der Waals surface area contributed by atoms with E-state index < -0.39 is 50.3 Å². The summed E-state index contributed by atoms with van der Waals surface area (Å²) in [7, 11) is 8.14. The first kappa shape index (κ1) is 103. The highest BCUT2D eigenvalue weighted by molar-refractivity contribution is 5.83. The third-order valence-corrected chi connectivity index (χ3v) is 30.1. The summed E-state index contributed by atoms with van der Waals surface area (Å²) in [5.41, 5.74) is 4.80. The van der Waals surface area contributed by atoms with Crippen molar-refractivity contribution < 1.29 is 104 Å². The van der Waals surface area contributed by atoms with Gasteiger partial charge in [0.15, 0.2) is 0 Å². The van der Waals surface area contributed by atoms with E-state index in [0.717, 1.165) is 202 Å². The predicted octanol–water partition coefficient (Wildman–Crippen LogP) is 23.9. The first-order valence-corrected chi connectivity index (χ1v) is 46.7. The molecule has 5 aromatic rings. The van der Waals surface area contributed by atoms with Gasteiger partial charge in [0, 0.05) is 93.6 Å². The van der Waals surface area contributed by atoms with Crippen LogP contribution >= 0.6 is 0 Å². The average Bonchev–Trinajstić information content (AvgIpc) is 0.743. The largest absolute Gasteiger partial charge is 0.507 e. The Labute approximate surface area is 764 Å². The van der Waals surface area contributed by atoms with Crippen molar-refractivity contribution in [1.82, 2.24) is 0 Å². The molecule has 8 atom stereocenters. The molecule has 14 saturated carbocycles. The lowest BCUT2D eigenvalue weighted by Gasteiger charge is -2.60. The van der Waals surface area contributed by atoms with E-state index >= 15 is 0 Å². The fourth-order valence-corrected chi connectivity index (χ4v) is 24.5. The van der Waals surface area contributed by atoms with Gasteiger partial charge in [0.25, 0.3) is 0 Å². The Kier molecular flexibility index (Phi) is 35.3. The number of aryl methyl sites for hydroxylation is 1. The SMILES string of the molecule is C.C.C.C.CCC(C)(C)C(=O)OC12CC3CC(C1)CC(C(=O)Oc1c(COC4CCCCC4)cc(C)cc1COC1CCCCC1)(C3)C2.CCC(C)(F)C(=O)OC12CC3CC(CC(OCc4cc5ccoc5cc4COc4c(COC)cc(COC)cc4COC)(C3)C1)C2.CCC(C)C(=O)OC12CC3CC(C1)CC(C(=O)OCc1cc(COC)c(O)c(COC)c1)(C3)C2. The zero-order chi connectivity index (χ0) is 88.0. The summed E-state index contributed by atoms with van der Waals surface area (Å²) in [6.07, 6.45) is 30.9. The number of fused-ring (bicyclic) bond motifs is 1. The van der Waals surface area contributed by atoms with Crippen molar-refractivity contribution in [2.45, 2.75) is 390 Å². The third-order valence-electron chi connectivity index (χ3n) is 30.1. The van der Waals surface area contributed by atoms with Crippen molar-refractivity contribution in [2.75, 3.05) is 35.5 Å². The topological polar surface area (TPSA) is 248 Å². The Bertz CT molecular complexity index is 4400. The molecule has 0 spiro atoms. The van der Waals surface area contributed by atoms with Crippen LogP contribution in [-0.4, -0.2) is 111 Å². The number of phenolic OH excluding ortho intramolecular Hbond substituents is 1. The molecular weight excluding hydrogens is 1630 g/mol. The van der Waals surface area contributed by atoms with Gasteiger partial charge in [0.05, 0.1) is 99.1 Å². The number of esters is 5. The van der Waals surface area contributed by atoms with Gasteiger partial charge in [-0.05, 0) is 269 Å². The minimum atomic E-state index is -1.98. The molecule has 128 heavy (non-hydrogen) atoms. The summed E-state index contributed by atoms with van der Waals surface area (Å²) in [6, 6.07) is 18.0. The van der Waals surface area contributed by atoms with E-state index in [1.54, 1.807) is 60.9 Å². The average molecular weight is 1790 g/mol. The number of halogens is 1. The monoisotopic (exact) mass is 1790 g/mol. The first-order chi connectivity index (χ1) is 59.4. The summed E-state index contributed by atoms with van der Waals surface area (Å²) >= 11 is 0. The van der Waals surface area contributed by atoms with Crippen LogP contribution in [0, 0.1) is 64.6 Å². The molecule has 0 aliphatic heterocycles. The van der Waals surface area contributed by atoms with E-state index in [1.807, 2.05) is 58.9 Å². The number of benzene rings is 4. The molecule has 21 nitrogen and oxygen atoms in total. The van der Waals surface area contributed by atoms with Crippen LogP contribution in [0.2, 0.25) is 0 Å². The fourth-order valence-electron chi connectivity index (χ4n) is 24.5. The number of methoxy groups -OCH3 is 5. The Morgan fingerprint density at radius 2 is 0.898 bits per heavy atom. The van der Waals surface area contributed by atoms with Gasteiger partial charge in [0.1, 0.15) is 52.8 Å². The van der Waals surface area contributed by atoms with Gasteiger partial charge in [-0.2, -0.15) is 0 Å². The van der Waals surface area contributed by atoms with E-state index in [2.05, 4.69) is 25.1 Å². The van der Waals surface area contributed by atoms with E-state index in [-0.39, 0.29) is 110 Å². The molecule has 714 valence electrons. The second-order valence-electron chi connectivity index (χ2n) is 40.8. The zero-order valence-corrected chi connectivity index (χ0v) is 76.5. The van der Waals surface area contributed by atoms with Crippen LogP contribution in [0.25, 0.3) is 11.0 Å². The predicted molar refractivity (Wildman–Crippen MR) is 492 cm³/mol. The highest BCUT2D eigenvalue weighted by atomic mass is 19.1. The lowest BCUT2D eigenvalue weighted by molar-refractivity contribution is -0.241. The second-order valence-corrected chi connectivity index (χ2v) is 40.8. The van der Waals surface area contributed by atoms with Gasteiger partial charge in [-0.15, -0.1) is 0 Å². The number of hydrogen-bond donors (Lipinski definition) is 1. The van der Waals surface area contributed by atoms with Crippen LogP contribution in [-0.2, 0) is 147 Å². The van der Waals surface area contributed by atoms with Crippen LogP contribution < -0.4 is 9.47 Å². The van der Waals surface area contributed by atoms with Crippen LogP contribution in [0.1, 0.15) is 338 Å². The molecule has 14 aliphatic rings. The Morgan fingerprint density at radius 1 is 0.469 bits per heavy atom. The highest BCUT2D eigenvalue weighted by Crippen LogP contribution is 2.66. The first-order valence-electron chi connectivity index (χ1n) is 46.7. The molecule has 14 aliphatic carbocycles. The molecule has 19 rings (SSSR count). The van der Waals surface area contributed by atoms with Crippen molar-refractivity contribution in [3.8, 4) is 17.2 Å². The minimum Gasteiger partial charge on any atom is -0.507 e. The summed E-state index contributed by atoms with van der Waals surface area (Å²) in [5, 5.41) is 11.4. The van der Waals surface area contributed by atoms with E-state index in [4.69, 9.17) is 70.7 Å². The molecule has 8 unspecified atom stereocenters. The standard InChI is InChI=1S/C38H56O6.C37H47FO8.C27H38O7.4CH4/c1-5-36(3,4)34(39)44-38-21-27-18-28(22-38)20-37(19-27,25-38)35(40)43-33-29(23-41-31-12-8-6-9-13-31)16-26(2)17-30(33)24-42-32-14-10-7-11-15-32;1-6-35(2,38)34(39)46-37-16-25-9-26(17-37)15-36(14-25,23-37)45-22-28-12-27-7-8-43-32(27)13-29(28)21-44-33-30(19-41-4)10-24(18-40-3)11-31(33)20-42-5;1-5-17(2)24(29)34-27-11-19-6-20(12-27)10-26(9-19,16-27)25(30)33-13-18-7-21(14-31-3)23(28)22(8-18)15-32-4;;;;/h16-17,27-28,31-32H,5-15,18-25H2,1-4H3;7-8,10-13,25-26H,6,9,14-23H2,1-5H3;7-8,17,19-20,28H,5-6,9-16H2,1-4H3;4*1H4. The number of ether oxygens (including phenoxy) is 14. The molecule has 4 aromatic carbocycles. The van der Waals surface area contributed by atoms with Crippen LogP contribution in [0.5, 0.6) is 17.2 Å². The highest BCUT2D eigenvalue weighted by Gasteiger charge is 2.66. The Morgan fingerprint density at radius 3 is 1.38 bits per heavy atom. The van der Waals surface area contributed by atoms with Crippen LogP contribution in [0.3, 0.4) is 0 Å². The Hall–Kier alpha value is -7.02. The number of furan rings is 1. The number of rotatable bonds is 36. The van der Waals surface area contributed by atoms with Gasteiger partial charge in [-0.3, -0.25) is 19.2 Å². The van der Waals surface area contributed by atoms with E-state index in [0.29, 0.717) is 111 Å². The number of carbonyl (C=O) groups excluding carboxylic acids is 5. The number of hydrogen-bond acceptors (Lipinski definition) is 21. The number of aromatic hydroxyl groups is 1. The zero-order valence-electron chi connectivity index (χ0n) is 76.5. The van der Waals surface area contributed by atoms with Crippen molar-refractivity contribution in [1.29, 1.82) is 0 Å². The lowest BCUT2D eigenvalue weighted by Crippen LogP contribution is -2.62. The molecule has 22 heteroatoms. The molecule has 12 bridgehead atoms. The van der Waals surface area contributed by atoms with Crippen molar-refractivity contribution in [2.24, 2.45) is 57.7 Å². The number of phenols is 1. The quantitative estimate of drug-likeness (QED) is 0.0222. The maximum Gasteiger partial charge on any atom is 0.344 e. The molecule has 1 aromatic heterocycles. The molecule has 0 amide bonds. The summed E-state index contributed by atoms with van der Waals surface area (Å²) in [4.78, 5) is 66.9. The smallest absolute Gasteiger partial charge is 0.344 e. The molecule has 0 radical (unpaired) electrons. The number of carbonyl (C=O) groups is 5. The van der Waals surface area contributed by atoms with E-state index in [1.165, 1.54) is 45.4 Å².